The number of Topliss-reactive ketones (excluding diaryl/α,β-unsaturated/α-hetero) is 1. The summed E-state index contributed by atoms with van der Waals surface area (Å²) < 4.78 is 0. The van der Waals surface area contributed by atoms with Crippen LogP contribution in [0.2, 0.25) is 5.02 Å². The molecule has 0 fully saturated rings. The van der Waals surface area contributed by atoms with Crippen molar-refractivity contribution in [1.29, 1.82) is 5.26 Å². The molecule has 4 nitrogen and oxygen atoms in total. The number of halogens is 1. The molecule has 5 heteroatoms. The Kier molecular flexibility index (Phi) is 4.92. The van der Waals surface area contributed by atoms with Gasteiger partial charge in [0.05, 0.1) is 11.1 Å². The highest BCUT2D eigenvalue weighted by Gasteiger charge is 2.28. The molecule has 1 N–H and O–H groups in total. The summed E-state index contributed by atoms with van der Waals surface area (Å²) in [6.07, 6.45) is 0. The predicted molar refractivity (Wildman–Crippen MR) is 84.7 cm³/mol. The molecule has 0 aromatic heterocycles. The molecule has 2 aromatic rings. The normalized spacial score (nSPS) is 11.3. The maximum atomic E-state index is 12.3. The Morgan fingerprint density at radius 2 is 1.91 bits per heavy atom. The van der Waals surface area contributed by atoms with Gasteiger partial charge in [-0.15, -0.1) is 0 Å². The number of amides is 1. The van der Waals surface area contributed by atoms with Gasteiger partial charge in [-0.05, 0) is 36.8 Å². The van der Waals surface area contributed by atoms with E-state index in [4.69, 9.17) is 11.6 Å². The van der Waals surface area contributed by atoms with Crippen molar-refractivity contribution >= 4 is 29.0 Å². The number of ketones is 1. The van der Waals surface area contributed by atoms with Crippen LogP contribution in [0.5, 0.6) is 0 Å². The van der Waals surface area contributed by atoms with Crippen molar-refractivity contribution in [3.05, 3.63) is 64.7 Å². The summed E-state index contributed by atoms with van der Waals surface area (Å²) in [6.45, 7) is 1.88. The average Bonchev–Trinajstić information content (AvgIpc) is 2.48. The van der Waals surface area contributed by atoms with Gasteiger partial charge in [0.2, 0.25) is 5.91 Å². The van der Waals surface area contributed by atoms with Gasteiger partial charge in [0.25, 0.3) is 0 Å². The highest BCUT2D eigenvalue weighted by atomic mass is 35.5. The number of rotatable bonds is 4. The third-order valence-corrected chi connectivity index (χ3v) is 3.41. The van der Waals surface area contributed by atoms with Crippen LogP contribution in [-0.4, -0.2) is 11.7 Å². The van der Waals surface area contributed by atoms with Crippen molar-refractivity contribution in [2.45, 2.75) is 6.92 Å². The largest absolute Gasteiger partial charge is 0.325 e. The SMILES string of the molecule is Cc1cccc(NC(=O)[C@H](C#N)C(=O)c2ccccc2Cl)c1. The lowest BCUT2D eigenvalue weighted by atomic mass is 9.98. The summed E-state index contributed by atoms with van der Waals surface area (Å²) >= 11 is 5.94. The first-order chi connectivity index (χ1) is 10.5. The van der Waals surface area contributed by atoms with Crippen molar-refractivity contribution in [3.8, 4) is 6.07 Å². The van der Waals surface area contributed by atoms with Gasteiger partial charge in [-0.1, -0.05) is 35.9 Å². The second-order valence-electron chi connectivity index (χ2n) is 4.76. The summed E-state index contributed by atoms with van der Waals surface area (Å²) in [7, 11) is 0. The third kappa shape index (κ3) is 3.51. The molecule has 22 heavy (non-hydrogen) atoms. The molecule has 0 aliphatic rings. The number of carbonyl (C=O) groups is 2. The van der Waals surface area contributed by atoms with E-state index in [1.807, 2.05) is 13.0 Å². The molecule has 0 saturated carbocycles. The van der Waals surface area contributed by atoms with Crippen LogP contribution in [0.15, 0.2) is 48.5 Å². The molecule has 1 amide bonds. The second kappa shape index (κ2) is 6.88. The van der Waals surface area contributed by atoms with E-state index in [2.05, 4.69) is 5.32 Å². The summed E-state index contributed by atoms with van der Waals surface area (Å²) in [4.78, 5) is 24.5. The summed E-state index contributed by atoms with van der Waals surface area (Å²) in [5.41, 5.74) is 1.66. The standard InChI is InChI=1S/C17H13ClN2O2/c1-11-5-4-6-12(9-11)20-17(22)14(10-19)16(21)13-7-2-3-8-15(13)18/h2-9,14H,1H3,(H,20,22)/t14-/m1/s1. The van der Waals surface area contributed by atoms with E-state index in [9.17, 15) is 14.9 Å². The lowest BCUT2D eigenvalue weighted by molar-refractivity contribution is -0.117. The zero-order valence-corrected chi connectivity index (χ0v) is 12.6. The molecular weight excluding hydrogens is 300 g/mol. The number of carbonyl (C=O) groups excluding carboxylic acids is 2. The minimum atomic E-state index is -1.44. The molecule has 0 unspecified atom stereocenters. The van der Waals surface area contributed by atoms with E-state index in [-0.39, 0.29) is 10.6 Å². The monoisotopic (exact) mass is 312 g/mol. The van der Waals surface area contributed by atoms with Gasteiger partial charge in [0, 0.05) is 11.3 Å². The topological polar surface area (TPSA) is 70.0 Å². The van der Waals surface area contributed by atoms with Crippen molar-refractivity contribution in [2.75, 3.05) is 5.32 Å². The quantitative estimate of drug-likeness (QED) is 0.692. The zero-order valence-electron chi connectivity index (χ0n) is 11.8. The van der Waals surface area contributed by atoms with Crippen molar-refractivity contribution < 1.29 is 9.59 Å². The average molecular weight is 313 g/mol. The molecule has 0 bridgehead atoms. The number of anilines is 1. The molecule has 0 heterocycles. The summed E-state index contributed by atoms with van der Waals surface area (Å²) in [5.74, 6) is -2.73. The highest BCUT2D eigenvalue weighted by molar-refractivity contribution is 6.35. The van der Waals surface area contributed by atoms with Crippen molar-refractivity contribution in [1.82, 2.24) is 0 Å². The van der Waals surface area contributed by atoms with Crippen LogP contribution < -0.4 is 5.32 Å². The van der Waals surface area contributed by atoms with Crippen LogP contribution in [0.4, 0.5) is 5.69 Å². The van der Waals surface area contributed by atoms with E-state index in [0.717, 1.165) is 5.56 Å². The fraction of sp³-hybridized carbons (Fsp3) is 0.118. The summed E-state index contributed by atoms with van der Waals surface area (Å²) in [6, 6.07) is 15.2. The Hall–Kier alpha value is -2.64. The van der Waals surface area contributed by atoms with E-state index in [1.165, 1.54) is 6.07 Å². The predicted octanol–water partition coefficient (Wildman–Crippen LogP) is 3.61. The van der Waals surface area contributed by atoms with E-state index < -0.39 is 17.6 Å². The first-order valence-electron chi connectivity index (χ1n) is 6.59. The zero-order chi connectivity index (χ0) is 16.1. The first kappa shape index (κ1) is 15.7. The molecule has 1 atom stereocenters. The van der Waals surface area contributed by atoms with Crippen LogP contribution in [0.1, 0.15) is 15.9 Å². The lowest BCUT2D eigenvalue weighted by Gasteiger charge is -2.11. The Labute approximate surface area is 133 Å². The first-order valence-corrected chi connectivity index (χ1v) is 6.96. The molecule has 110 valence electrons. The van der Waals surface area contributed by atoms with Crippen LogP contribution in [0, 0.1) is 24.2 Å². The molecule has 0 spiro atoms. The summed E-state index contributed by atoms with van der Waals surface area (Å²) in [5, 5.41) is 12.0. The number of nitriles is 1. The van der Waals surface area contributed by atoms with Gasteiger partial charge in [-0.3, -0.25) is 9.59 Å². The number of nitrogens with one attached hydrogen (secondary N) is 1. The second-order valence-corrected chi connectivity index (χ2v) is 5.17. The Morgan fingerprint density at radius 3 is 2.55 bits per heavy atom. The van der Waals surface area contributed by atoms with E-state index in [1.54, 1.807) is 42.5 Å². The number of hydrogen-bond donors (Lipinski definition) is 1. The van der Waals surface area contributed by atoms with Gasteiger partial charge < -0.3 is 5.32 Å². The molecule has 2 rings (SSSR count). The van der Waals surface area contributed by atoms with E-state index in [0.29, 0.717) is 5.69 Å². The maximum Gasteiger partial charge on any atom is 0.249 e. The van der Waals surface area contributed by atoms with Crippen LogP contribution in [-0.2, 0) is 4.79 Å². The van der Waals surface area contributed by atoms with Crippen molar-refractivity contribution in [3.63, 3.8) is 0 Å². The molecule has 0 aliphatic heterocycles. The number of hydrogen-bond acceptors (Lipinski definition) is 3. The number of nitrogens with zero attached hydrogens (tertiary/aromatic N) is 1. The highest BCUT2D eigenvalue weighted by Crippen LogP contribution is 2.20. The maximum absolute atomic E-state index is 12.3. The molecule has 0 saturated heterocycles. The lowest BCUT2D eigenvalue weighted by Crippen LogP contribution is -2.28. The fourth-order valence-electron chi connectivity index (χ4n) is 1.99. The Balaban J connectivity index is 2.21. The Bertz CT molecular complexity index is 765. The van der Waals surface area contributed by atoms with E-state index >= 15 is 0 Å². The Morgan fingerprint density at radius 1 is 1.18 bits per heavy atom. The van der Waals surface area contributed by atoms with Crippen molar-refractivity contribution in [2.24, 2.45) is 5.92 Å². The number of aryl methyl sites for hydroxylation is 1. The number of benzene rings is 2. The minimum absolute atomic E-state index is 0.162. The smallest absolute Gasteiger partial charge is 0.249 e. The minimum Gasteiger partial charge on any atom is -0.325 e. The van der Waals surface area contributed by atoms with Crippen LogP contribution >= 0.6 is 11.6 Å². The van der Waals surface area contributed by atoms with Crippen LogP contribution in [0.3, 0.4) is 0 Å². The molecular formula is C17H13ClN2O2. The third-order valence-electron chi connectivity index (χ3n) is 3.08. The molecule has 0 aliphatic carbocycles. The molecule has 2 aromatic carbocycles. The van der Waals surface area contributed by atoms with Gasteiger partial charge in [-0.25, -0.2) is 0 Å². The van der Waals surface area contributed by atoms with Gasteiger partial charge >= 0.3 is 0 Å². The van der Waals surface area contributed by atoms with Gasteiger partial charge in [0.1, 0.15) is 0 Å². The van der Waals surface area contributed by atoms with Gasteiger partial charge in [0.15, 0.2) is 11.7 Å². The van der Waals surface area contributed by atoms with Gasteiger partial charge in [-0.2, -0.15) is 5.26 Å². The fourth-order valence-corrected chi connectivity index (χ4v) is 2.22. The molecule has 0 radical (unpaired) electrons. The van der Waals surface area contributed by atoms with Crippen LogP contribution in [0.25, 0.3) is 0 Å².